The van der Waals surface area contributed by atoms with Gasteiger partial charge in [0.2, 0.25) is 11.9 Å². The van der Waals surface area contributed by atoms with Crippen LogP contribution in [0.25, 0.3) is 0 Å². The van der Waals surface area contributed by atoms with Gasteiger partial charge in [0.25, 0.3) is 0 Å². The van der Waals surface area contributed by atoms with Crippen molar-refractivity contribution in [3.8, 4) is 0 Å². The number of hydrogen-bond donors (Lipinski definition) is 1. The van der Waals surface area contributed by atoms with Crippen LogP contribution in [0.4, 0.5) is 5.95 Å². The third-order valence-corrected chi connectivity index (χ3v) is 4.50. The molecule has 6 nitrogen and oxygen atoms in total. The van der Waals surface area contributed by atoms with Crippen molar-refractivity contribution in [2.75, 3.05) is 37.6 Å². The fourth-order valence-corrected chi connectivity index (χ4v) is 3.08. The van der Waals surface area contributed by atoms with E-state index in [0.717, 1.165) is 56.0 Å². The Morgan fingerprint density at radius 1 is 1.19 bits per heavy atom. The molecule has 2 aliphatic rings. The van der Waals surface area contributed by atoms with Gasteiger partial charge in [-0.1, -0.05) is 6.42 Å². The van der Waals surface area contributed by atoms with E-state index in [2.05, 4.69) is 36.1 Å². The van der Waals surface area contributed by atoms with Crippen LogP contribution in [0.15, 0.2) is 16.9 Å². The number of nitrogens with one attached hydrogen (secondary N) is 1. The summed E-state index contributed by atoms with van der Waals surface area (Å²) in [5, 5.41) is 3.33. The molecule has 2 saturated heterocycles. The Morgan fingerprint density at radius 3 is 2.52 bits per heavy atom. The molecule has 3 rings (SSSR count). The largest absolute Gasteiger partial charge is 0.338 e. The summed E-state index contributed by atoms with van der Waals surface area (Å²) in [6.45, 7) is 4.04. The Bertz CT molecular complexity index is 481. The number of anilines is 1. The molecule has 114 valence electrons. The number of halogens is 1. The summed E-state index contributed by atoms with van der Waals surface area (Å²) >= 11 is 3.34. The number of aromatic nitrogens is 2. The summed E-state index contributed by atoms with van der Waals surface area (Å²) in [6.07, 6.45) is 6.81. The topological polar surface area (TPSA) is 61.4 Å². The van der Waals surface area contributed by atoms with Gasteiger partial charge in [0.1, 0.15) is 0 Å². The van der Waals surface area contributed by atoms with Crippen molar-refractivity contribution in [3.63, 3.8) is 0 Å². The van der Waals surface area contributed by atoms with Gasteiger partial charge in [0, 0.05) is 38.6 Å². The molecule has 1 atom stereocenters. The molecule has 0 saturated carbocycles. The molecule has 0 bridgehead atoms. The molecule has 1 aromatic rings. The Kier molecular flexibility index (Phi) is 4.70. The van der Waals surface area contributed by atoms with Crippen LogP contribution in [0.5, 0.6) is 0 Å². The van der Waals surface area contributed by atoms with Crippen molar-refractivity contribution < 1.29 is 4.79 Å². The van der Waals surface area contributed by atoms with Gasteiger partial charge in [-0.15, -0.1) is 0 Å². The number of carbonyl (C=O) groups is 1. The minimum atomic E-state index is 0.0224. The van der Waals surface area contributed by atoms with Gasteiger partial charge < -0.3 is 15.1 Å². The van der Waals surface area contributed by atoms with E-state index >= 15 is 0 Å². The minimum absolute atomic E-state index is 0.0224. The number of amides is 1. The molecule has 1 N–H and O–H groups in total. The average Bonchev–Trinajstić information content (AvgIpc) is 2.56. The lowest BCUT2D eigenvalue weighted by Gasteiger charge is -2.37. The number of rotatable bonds is 2. The van der Waals surface area contributed by atoms with Crippen molar-refractivity contribution in [2.45, 2.75) is 25.3 Å². The van der Waals surface area contributed by atoms with Gasteiger partial charge in [0.05, 0.1) is 10.5 Å². The molecule has 7 heteroatoms. The van der Waals surface area contributed by atoms with Crippen LogP contribution in [-0.4, -0.2) is 59.5 Å². The molecule has 21 heavy (non-hydrogen) atoms. The van der Waals surface area contributed by atoms with E-state index in [9.17, 15) is 4.79 Å². The van der Waals surface area contributed by atoms with E-state index in [1.54, 1.807) is 12.4 Å². The van der Waals surface area contributed by atoms with Crippen LogP contribution in [-0.2, 0) is 4.79 Å². The van der Waals surface area contributed by atoms with Crippen LogP contribution in [0, 0.1) is 0 Å². The predicted molar refractivity (Wildman–Crippen MR) is 84.2 cm³/mol. The van der Waals surface area contributed by atoms with E-state index in [0.29, 0.717) is 0 Å². The second kappa shape index (κ2) is 6.70. The summed E-state index contributed by atoms with van der Waals surface area (Å²) in [5.41, 5.74) is 0. The van der Waals surface area contributed by atoms with Crippen molar-refractivity contribution in [1.82, 2.24) is 20.2 Å². The van der Waals surface area contributed by atoms with E-state index in [1.807, 2.05) is 4.90 Å². The maximum Gasteiger partial charge on any atom is 0.239 e. The predicted octanol–water partition coefficient (Wildman–Crippen LogP) is 1.03. The highest BCUT2D eigenvalue weighted by molar-refractivity contribution is 9.10. The Hall–Kier alpha value is -1.21. The minimum Gasteiger partial charge on any atom is -0.338 e. The number of piperazine rings is 1. The lowest BCUT2D eigenvalue weighted by atomic mass is 10.0. The first-order valence-electron chi connectivity index (χ1n) is 7.49. The van der Waals surface area contributed by atoms with E-state index in [1.165, 1.54) is 6.42 Å². The number of hydrogen-bond acceptors (Lipinski definition) is 5. The molecule has 0 spiro atoms. The van der Waals surface area contributed by atoms with E-state index in [-0.39, 0.29) is 11.9 Å². The molecular formula is C14H20BrN5O. The molecular weight excluding hydrogens is 334 g/mol. The third-order valence-electron chi connectivity index (χ3n) is 4.09. The fraction of sp³-hybridized carbons (Fsp3) is 0.643. The Morgan fingerprint density at radius 2 is 1.90 bits per heavy atom. The first kappa shape index (κ1) is 14.7. The lowest BCUT2D eigenvalue weighted by Crippen LogP contribution is -2.55. The number of piperidine rings is 1. The van der Waals surface area contributed by atoms with Crippen LogP contribution < -0.4 is 10.2 Å². The highest BCUT2D eigenvalue weighted by Crippen LogP contribution is 2.15. The van der Waals surface area contributed by atoms with Crippen molar-refractivity contribution in [3.05, 3.63) is 16.9 Å². The van der Waals surface area contributed by atoms with Crippen molar-refractivity contribution in [2.24, 2.45) is 0 Å². The maximum absolute atomic E-state index is 12.4. The normalized spacial score (nSPS) is 23.2. The molecule has 2 aliphatic heterocycles. The highest BCUT2D eigenvalue weighted by atomic mass is 79.9. The summed E-state index contributed by atoms with van der Waals surface area (Å²) in [7, 11) is 0. The van der Waals surface area contributed by atoms with Crippen LogP contribution in [0.3, 0.4) is 0 Å². The van der Waals surface area contributed by atoms with Crippen molar-refractivity contribution >= 4 is 27.8 Å². The molecule has 3 heterocycles. The van der Waals surface area contributed by atoms with Gasteiger partial charge in [0.15, 0.2) is 0 Å². The summed E-state index contributed by atoms with van der Waals surface area (Å²) in [6, 6.07) is 0.0224. The first-order valence-corrected chi connectivity index (χ1v) is 8.28. The molecule has 0 unspecified atom stereocenters. The van der Waals surface area contributed by atoms with Crippen molar-refractivity contribution in [1.29, 1.82) is 0 Å². The van der Waals surface area contributed by atoms with Gasteiger partial charge in [-0.3, -0.25) is 4.79 Å². The second-order valence-corrected chi connectivity index (χ2v) is 6.43. The van der Waals surface area contributed by atoms with Crippen LogP contribution in [0.1, 0.15) is 19.3 Å². The molecule has 0 aliphatic carbocycles. The zero-order chi connectivity index (χ0) is 14.7. The summed E-state index contributed by atoms with van der Waals surface area (Å²) in [5.74, 6) is 0.993. The monoisotopic (exact) mass is 353 g/mol. The smallest absolute Gasteiger partial charge is 0.239 e. The second-order valence-electron chi connectivity index (χ2n) is 5.52. The van der Waals surface area contributed by atoms with Gasteiger partial charge in [-0.2, -0.15) is 0 Å². The average molecular weight is 354 g/mol. The molecule has 0 radical (unpaired) electrons. The van der Waals surface area contributed by atoms with Gasteiger partial charge in [-0.25, -0.2) is 9.97 Å². The SMILES string of the molecule is O=C([C@H]1CCCCN1)N1CCN(c2ncc(Br)cn2)CC1. The van der Waals surface area contributed by atoms with Gasteiger partial charge in [-0.05, 0) is 35.3 Å². The first-order chi connectivity index (χ1) is 10.2. The zero-order valence-corrected chi connectivity index (χ0v) is 13.5. The summed E-state index contributed by atoms with van der Waals surface area (Å²) in [4.78, 5) is 25.2. The van der Waals surface area contributed by atoms with E-state index in [4.69, 9.17) is 0 Å². The third kappa shape index (κ3) is 3.52. The number of nitrogens with zero attached hydrogens (tertiary/aromatic N) is 4. The molecule has 2 fully saturated rings. The number of carbonyl (C=O) groups excluding carboxylic acids is 1. The Labute approximate surface area is 133 Å². The lowest BCUT2D eigenvalue weighted by molar-refractivity contribution is -0.134. The maximum atomic E-state index is 12.4. The standard InChI is InChI=1S/C14H20BrN5O/c15-11-9-17-14(18-10-11)20-7-5-19(6-8-20)13(21)12-3-1-2-4-16-12/h9-10,12,16H,1-8H2/t12-/m1/s1. The fourth-order valence-electron chi connectivity index (χ4n) is 2.88. The quantitative estimate of drug-likeness (QED) is 0.860. The summed E-state index contributed by atoms with van der Waals surface area (Å²) < 4.78 is 0.878. The zero-order valence-electron chi connectivity index (χ0n) is 12.0. The van der Waals surface area contributed by atoms with Crippen LogP contribution in [0.2, 0.25) is 0 Å². The molecule has 0 aromatic carbocycles. The highest BCUT2D eigenvalue weighted by Gasteiger charge is 2.28. The molecule has 1 amide bonds. The Balaban J connectivity index is 1.54. The molecule has 1 aromatic heterocycles. The van der Waals surface area contributed by atoms with Crippen LogP contribution >= 0.6 is 15.9 Å². The van der Waals surface area contributed by atoms with E-state index < -0.39 is 0 Å². The van der Waals surface area contributed by atoms with Gasteiger partial charge >= 0.3 is 0 Å².